The normalized spacial score (nSPS) is 9.56. The SMILES string of the molecule is Cc1cc(C(=O)N(CCC#N)CCC#N)c(C)s1. The molecule has 94 valence electrons. The topological polar surface area (TPSA) is 67.9 Å². The monoisotopic (exact) mass is 261 g/mol. The average Bonchev–Trinajstić information content (AvgIpc) is 2.68. The lowest BCUT2D eigenvalue weighted by atomic mass is 10.2. The van der Waals surface area contributed by atoms with Crippen LogP contribution in [0.5, 0.6) is 0 Å². The Morgan fingerprint density at radius 3 is 2.22 bits per heavy atom. The number of carbonyl (C=O) groups excluding carboxylic acids is 1. The van der Waals surface area contributed by atoms with Crippen molar-refractivity contribution in [1.29, 1.82) is 10.5 Å². The molecule has 1 amide bonds. The molecule has 0 aliphatic rings. The van der Waals surface area contributed by atoms with Crippen molar-refractivity contribution in [3.63, 3.8) is 0 Å². The quantitative estimate of drug-likeness (QED) is 0.818. The third-order valence-electron chi connectivity index (χ3n) is 2.55. The summed E-state index contributed by atoms with van der Waals surface area (Å²) in [7, 11) is 0. The second-order valence-corrected chi connectivity index (χ2v) is 5.40. The Balaban J connectivity index is 2.85. The third kappa shape index (κ3) is 3.58. The highest BCUT2D eigenvalue weighted by atomic mass is 32.1. The molecule has 0 aromatic carbocycles. The van der Waals surface area contributed by atoms with Crippen LogP contribution >= 0.6 is 11.3 Å². The molecule has 0 saturated carbocycles. The Labute approximate surface area is 111 Å². The van der Waals surface area contributed by atoms with Crippen molar-refractivity contribution in [2.75, 3.05) is 13.1 Å². The van der Waals surface area contributed by atoms with Crippen LogP contribution in [0.4, 0.5) is 0 Å². The first-order valence-corrected chi connectivity index (χ1v) is 6.52. The molecule has 0 atom stereocenters. The fraction of sp³-hybridized carbons (Fsp3) is 0.462. The third-order valence-corrected chi connectivity index (χ3v) is 3.51. The van der Waals surface area contributed by atoms with Gasteiger partial charge < -0.3 is 4.90 Å². The Morgan fingerprint density at radius 1 is 1.28 bits per heavy atom. The molecule has 1 heterocycles. The summed E-state index contributed by atoms with van der Waals surface area (Å²) in [6.45, 7) is 4.64. The number of hydrogen-bond donors (Lipinski definition) is 0. The summed E-state index contributed by atoms with van der Waals surface area (Å²) in [4.78, 5) is 16.0. The smallest absolute Gasteiger partial charge is 0.255 e. The maximum absolute atomic E-state index is 12.3. The van der Waals surface area contributed by atoms with Crippen LogP contribution in [-0.4, -0.2) is 23.9 Å². The largest absolute Gasteiger partial charge is 0.337 e. The summed E-state index contributed by atoms with van der Waals surface area (Å²) in [6.07, 6.45) is 0.582. The van der Waals surface area contributed by atoms with Gasteiger partial charge in [-0.3, -0.25) is 4.79 Å². The summed E-state index contributed by atoms with van der Waals surface area (Å²) in [5.41, 5.74) is 0.688. The van der Waals surface area contributed by atoms with E-state index in [4.69, 9.17) is 10.5 Å². The molecule has 0 bridgehead atoms. The molecule has 0 aliphatic heterocycles. The van der Waals surface area contributed by atoms with Crippen LogP contribution in [0.2, 0.25) is 0 Å². The van der Waals surface area contributed by atoms with Crippen LogP contribution in [0.15, 0.2) is 6.07 Å². The average molecular weight is 261 g/mol. The van der Waals surface area contributed by atoms with Crippen molar-refractivity contribution in [3.8, 4) is 12.1 Å². The number of amides is 1. The molecule has 0 aliphatic carbocycles. The molecule has 18 heavy (non-hydrogen) atoms. The van der Waals surface area contributed by atoms with Gasteiger partial charge in [-0.1, -0.05) is 0 Å². The van der Waals surface area contributed by atoms with Gasteiger partial charge in [0.05, 0.1) is 30.5 Å². The summed E-state index contributed by atoms with van der Waals surface area (Å²) in [5, 5.41) is 17.2. The maximum Gasteiger partial charge on any atom is 0.255 e. The van der Waals surface area contributed by atoms with Crippen LogP contribution in [0, 0.1) is 36.5 Å². The lowest BCUT2D eigenvalue weighted by Gasteiger charge is -2.20. The fourth-order valence-corrected chi connectivity index (χ4v) is 2.61. The van der Waals surface area contributed by atoms with Gasteiger partial charge in [-0.05, 0) is 19.9 Å². The van der Waals surface area contributed by atoms with E-state index in [1.165, 1.54) is 0 Å². The zero-order valence-electron chi connectivity index (χ0n) is 10.6. The number of aryl methyl sites for hydroxylation is 2. The number of thiophene rings is 1. The van der Waals surface area contributed by atoms with Crippen LogP contribution in [-0.2, 0) is 0 Å². The Bertz CT molecular complexity index is 489. The molecule has 0 unspecified atom stereocenters. The predicted molar refractivity (Wildman–Crippen MR) is 70.2 cm³/mol. The Kier molecular flexibility index (Phi) is 5.35. The number of hydrogen-bond acceptors (Lipinski definition) is 4. The van der Waals surface area contributed by atoms with Gasteiger partial charge in [-0.15, -0.1) is 11.3 Å². The maximum atomic E-state index is 12.3. The minimum absolute atomic E-state index is 0.0812. The number of carbonyl (C=O) groups is 1. The predicted octanol–water partition coefficient (Wildman–Crippen LogP) is 2.63. The van der Waals surface area contributed by atoms with E-state index in [1.54, 1.807) is 16.2 Å². The highest BCUT2D eigenvalue weighted by molar-refractivity contribution is 7.12. The zero-order chi connectivity index (χ0) is 13.5. The van der Waals surface area contributed by atoms with Crippen molar-refractivity contribution >= 4 is 17.2 Å². The van der Waals surface area contributed by atoms with Crippen molar-refractivity contribution in [2.24, 2.45) is 0 Å². The van der Waals surface area contributed by atoms with Gasteiger partial charge in [0.1, 0.15) is 0 Å². The molecule has 0 spiro atoms. The molecule has 1 aromatic rings. The van der Waals surface area contributed by atoms with E-state index in [1.807, 2.05) is 32.1 Å². The molecule has 0 radical (unpaired) electrons. The van der Waals surface area contributed by atoms with Gasteiger partial charge in [-0.25, -0.2) is 0 Å². The molecular weight excluding hydrogens is 246 g/mol. The van der Waals surface area contributed by atoms with Crippen molar-refractivity contribution in [2.45, 2.75) is 26.7 Å². The number of nitriles is 2. The molecule has 0 fully saturated rings. The van der Waals surface area contributed by atoms with E-state index in [9.17, 15) is 4.79 Å². The van der Waals surface area contributed by atoms with Crippen molar-refractivity contribution in [3.05, 3.63) is 21.4 Å². The Morgan fingerprint density at radius 2 is 1.83 bits per heavy atom. The van der Waals surface area contributed by atoms with Crippen molar-refractivity contribution in [1.82, 2.24) is 4.90 Å². The highest BCUT2D eigenvalue weighted by Crippen LogP contribution is 2.22. The van der Waals surface area contributed by atoms with E-state index >= 15 is 0 Å². The van der Waals surface area contributed by atoms with E-state index < -0.39 is 0 Å². The fourth-order valence-electron chi connectivity index (χ4n) is 1.70. The molecule has 1 rings (SSSR count). The zero-order valence-corrected chi connectivity index (χ0v) is 11.4. The highest BCUT2D eigenvalue weighted by Gasteiger charge is 2.18. The standard InChI is InChI=1S/C13H15N3OS/c1-10-9-12(11(2)18-10)13(17)16(7-3-5-14)8-4-6-15/h9H,3-4,7-8H2,1-2H3. The molecule has 1 aromatic heterocycles. The van der Waals surface area contributed by atoms with Gasteiger partial charge in [0.2, 0.25) is 0 Å². The van der Waals surface area contributed by atoms with Crippen LogP contribution in [0.1, 0.15) is 33.0 Å². The summed E-state index contributed by atoms with van der Waals surface area (Å²) < 4.78 is 0. The van der Waals surface area contributed by atoms with E-state index in [0.29, 0.717) is 31.5 Å². The van der Waals surface area contributed by atoms with Gasteiger partial charge in [0, 0.05) is 22.8 Å². The minimum atomic E-state index is -0.0812. The van der Waals surface area contributed by atoms with Gasteiger partial charge in [0.15, 0.2) is 0 Å². The lowest BCUT2D eigenvalue weighted by molar-refractivity contribution is 0.0762. The second-order valence-electron chi connectivity index (χ2n) is 3.94. The minimum Gasteiger partial charge on any atom is -0.337 e. The molecule has 0 saturated heterocycles. The molecule has 5 heteroatoms. The first-order valence-electron chi connectivity index (χ1n) is 5.70. The van der Waals surface area contributed by atoms with E-state index in [2.05, 4.69) is 0 Å². The van der Waals surface area contributed by atoms with Crippen LogP contribution in [0.25, 0.3) is 0 Å². The second kappa shape index (κ2) is 6.78. The number of nitrogens with zero attached hydrogens (tertiary/aromatic N) is 3. The van der Waals surface area contributed by atoms with Gasteiger partial charge >= 0.3 is 0 Å². The van der Waals surface area contributed by atoms with E-state index in [0.717, 1.165) is 9.75 Å². The summed E-state index contributed by atoms with van der Waals surface area (Å²) in [6, 6.07) is 5.92. The van der Waals surface area contributed by atoms with Gasteiger partial charge in [0.25, 0.3) is 5.91 Å². The van der Waals surface area contributed by atoms with Crippen molar-refractivity contribution < 1.29 is 4.79 Å². The molecule has 0 N–H and O–H groups in total. The first kappa shape index (κ1) is 14.2. The first-order chi connectivity index (χ1) is 8.60. The summed E-state index contributed by atoms with van der Waals surface area (Å²) >= 11 is 1.59. The lowest BCUT2D eigenvalue weighted by Crippen LogP contribution is -2.32. The van der Waals surface area contributed by atoms with Crippen LogP contribution in [0.3, 0.4) is 0 Å². The van der Waals surface area contributed by atoms with Crippen LogP contribution < -0.4 is 0 Å². The summed E-state index contributed by atoms with van der Waals surface area (Å²) in [5.74, 6) is -0.0812. The molecular formula is C13H15N3OS. The Hall–Kier alpha value is -1.85. The van der Waals surface area contributed by atoms with Gasteiger partial charge in [-0.2, -0.15) is 10.5 Å². The van der Waals surface area contributed by atoms with E-state index in [-0.39, 0.29) is 5.91 Å². The molecule has 4 nitrogen and oxygen atoms in total. The number of rotatable bonds is 5.